The van der Waals surface area contributed by atoms with Crippen LogP contribution in [-0.2, 0) is 6.61 Å². The third-order valence-electron chi connectivity index (χ3n) is 1.80. The second-order valence-electron chi connectivity index (χ2n) is 3.02. The molecule has 1 aromatic rings. The van der Waals surface area contributed by atoms with Crippen LogP contribution < -0.4 is 4.74 Å². The molecule has 1 aromatic heterocycles. The largest absolute Gasteiger partial charge is 0.574 e. The van der Waals surface area contributed by atoms with Crippen molar-refractivity contribution in [2.24, 2.45) is 0 Å². The number of nitro groups is 1. The van der Waals surface area contributed by atoms with E-state index in [9.17, 15) is 23.3 Å². The molecule has 0 radical (unpaired) electrons. The van der Waals surface area contributed by atoms with E-state index < -0.39 is 29.5 Å². The highest BCUT2D eigenvalue weighted by atomic mass is 19.4. The quantitative estimate of drug-likeness (QED) is 0.653. The fourth-order valence-electron chi connectivity index (χ4n) is 1.24. The van der Waals surface area contributed by atoms with Gasteiger partial charge in [0.05, 0.1) is 17.1 Å². The lowest BCUT2D eigenvalue weighted by Gasteiger charge is -2.10. The van der Waals surface area contributed by atoms with Gasteiger partial charge < -0.3 is 9.84 Å². The number of hydrogen-bond acceptors (Lipinski definition) is 5. The predicted octanol–water partition coefficient (Wildman–Crippen LogP) is 1.69. The fourth-order valence-corrected chi connectivity index (χ4v) is 1.24. The van der Waals surface area contributed by atoms with Crippen molar-refractivity contribution in [2.75, 3.05) is 0 Å². The fraction of sp³-hybridized carbons (Fsp3) is 0.375. The van der Waals surface area contributed by atoms with Crippen molar-refractivity contribution < 1.29 is 27.9 Å². The highest BCUT2D eigenvalue weighted by Gasteiger charge is 2.33. The molecule has 0 bridgehead atoms. The number of alkyl halides is 3. The maximum atomic E-state index is 11.9. The highest BCUT2D eigenvalue weighted by Crippen LogP contribution is 2.28. The zero-order valence-electron chi connectivity index (χ0n) is 8.48. The van der Waals surface area contributed by atoms with Crippen LogP contribution in [0.3, 0.4) is 0 Å². The first-order valence-corrected chi connectivity index (χ1v) is 4.26. The van der Waals surface area contributed by atoms with Crippen LogP contribution >= 0.6 is 0 Å². The molecule has 0 unspecified atom stereocenters. The summed E-state index contributed by atoms with van der Waals surface area (Å²) in [7, 11) is 0. The molecule has 0 fully saturated rings. The van der Waals surface area contributed by atoms with E-state index in [1.54, 1.807) is 0 Å². The lowest BCUT2D eigenvalue weighted by atomic mass is 10.2. The zero-order valence-corrected chi connectivity index (χ0v) is 8.48. The second kappa shape index (κ2) is 4.53. The second-order valence-corrected chi connectivity index (χ2v) is 3.02. The number of rotatable bonds is 3. The molecule has 0 aliphatic heterocycles. The molecule has 0 spiro atoms. The minimum absolute atomic E-state index is 0.263. The van der Waals surface area contributed by atoms with Gasteiger partial charge in [0, 0.05) is 6.07 Å². The van der Waals surface area contributed by atoms with Crippen LogP contribution in [0.1, 0.15) is 11.3 Å². The molecule has 0 saturated carbocycles. The van der Waals surface area contributed by atoms with Crippen molar-refractivity contribution in [3.8, 4) is 5.88 Å². The van der Waals surface area contributed by atoms with Crippen molar-refractivity contribution in [1.29, 1.82) is 0 Å². The van der Waals surface area contributed by atoms with Crippen LogP contribution in [0.5, 0.6) is 5.88 Å². The van der Waals surface area contributed by atoms with Gasteiger partial charge in [-0.2, -0.15) is 0 Å². The third-order valence-corrected chi connectivity index (χ3v) is 1.80. The van der Waals surface area contributed by atoms with Gasteiger partial charge in [0.25, 0.3) is 5.69 Å². The topological polar surface area (TPSA) is 85.5 Å². The van der Waals surface area contributed by atoms with E-state index in [1.807, 2.05) is 0 Å². The van der Waals surface area contributed by atoms with E-state index in [0.717, 1.165) is 6.92 Å². The summed E-state index contributed by atoms with van der Waals surface area (Å²) in [4.78, 5) is 13.1. The Labute approximate surface area is 92.8 Å². The Morgan fingerprint density at radius 3 is 2.59 bits per heavy atom. The minimum atomic E-state index is -4.94. The molecule has 0 amide bonds. The van der Waals surface area contributed by atoms with E-state index in [4.69, 9.17) is 5.11 Å². The van der Waals surface area contributed by atoms with E-state index in [2.05, 4.69) is 9.72 Å². The average Bonchev–Trinajstić information content (AvgIpc) is 2.12. The van der Waals surface area contributed by atoms with Gasteiger partial charge in [-0.25, -0.2) is 4.98 Å². The van der Waals surface area contributed by atoms with Gasteiger partial charge in [0.1, 0.15) is 5.69 Å². The summed E-state index contributed by atoms with van der Waals surface area (Å²) in [5, 5.41) is 19.4. The Hall–Kier alpha value is -1.90. The van der Waals surface area contributed by atoms with E-state index >= 15 is 0 Å². The number of hydrogen-bond donors (Lipinski definition) is 1. The molecule has 9 heteroatoms. The van der Waals surface area contributed by atoms with Crippen molar-refractivity contribution in [1.82, 2.24) is 4.98 Å². The lowest BCUT2D eigenvalue weighted by Crippen LogP contribution is -2.18. The molecule has 0 aromatic carbocycles. The summed E-state index contributed by atoms with van der Waals surface area (Å²) in [5.74, 6) is -0.843. The van der Waals surface area contributed by atoms with Gasteiger partial charge in [-0.15, -0.1) is 13.2 Å². The summed E-state index contributed by atoms with van der Waals surface area (Å²) in [5.41, 5.74) is -1.08. The number of nitrogens with zero attached hydrogens (tertiary/aromatic N) is 2. The zero-order chi connectivity index (χ0) is 13.2. The van der Waals surface area contributed by atoms with Gasteiger partial charge in [0.15, 0.2) is 0 Å². The normalized spacial score (nSPS) is 11.4. The van der Waals surface area contributed by atoms with E-state index in [-0.39, 0.29) is 11.3 Å². The first-order valence-electron chi connectivity index (χ1n) is 4.26. The Kier molecular flexibility index (Phi) is 3.51. The highest BCUT2D eigenvalue weighted by molar-refractivity contribution is 5.45. The first-order chi connectivity index (χ1) is 7.74. The van der Waals surface area contributed by atoms with Crippen LogP contribution in [0.4, 0.5) is 18.9 Å². The number of aromatic nitrogens is 1. The van der Waals surface area contributed by atoms with Gasteiger partial charge >= 0.3 is 6.36 Å². The number of aryl methyl sites for hydroxylation is 1. The molecule has 94 valence electrons. The molecule has 1 heterocycles. The van der Waals surface area contributed by atoms with Crippen LogP contribution in [-0.4, -0.2) is 21.4 Å². The predicted molar refractivity (Wildman–Crippen MR) is 48.2 cm³/mol. The number of halogens is 3. The Balaban J connectivity index is 3.23. The molecule has 0 atom stereocenters. The Morgan fingerprint density at radius 1 is 1.59 bits per heavy atom. The maximum absolute atomic E-state index is 11.9. The Bertz CT molecular complexity index is 447. The van der Waals surface area contributed by atoms with Crippen LogP contribution in [0.15, 0.2) is 6.07 Å². The van der Waals surface area contributed by atoms with Crippen molar-refractivity contribution in [3.63, 3.8) is 0 Å². The van der Waals surface area contributed by atoms with Gasteiger partial charge in [-0.1, -0.05) is 0 Å². The molecule has 0 aliphatic rings. The summed E-state index contributed by atoms with van der Waals surface area (Å²) in [6.07, 6.45) is -4.94. The molecule has 1 rings (SSSR count). The van der Waals surface area contributed by atoms with E-state index in [1.165, 1.54) is 0 Å². The van der Waals surface area contributed by atoms with Crippen LogP contribution in [0.2, 0.25) is 0 Å². The summed E-state index contributed by atoms with van der Waals surface area (Å²) in [6.45, 7) is 0.369. The van der Waals surface area contributed by atoms with Crippen LogP contribution in [0.25, 0.3) is 0 Å². The van der Waals surface area contributed by atoms with E-state index in [0.29, 0.717) is 6.07 Å². The molecule has 0 saturated heterocycles. The monoisotopic (exact) mass is 252 g/mol. The van der Waals surface area contributed by atoms with Gasteiger partial charge in [0.2, 0.25) is 5.88 Å². The van der Waals surface area contributed by atoms with Crippen molar-refractivity contribution in [3.05, 3.63) is 27.4 Å². The molecular weight excluding hydrogens is 245 g/mol. The van der Waals surface area contributed by atoms with Gasteiger partial charge in [-0.3, -0.25) is 10.1 Å². The summed E-state index contributed by atoms with van der Waals surface area (Å²) < 4.78 is 39.2. The number of aliphatic hydroxyl groups is 1. The van der Waals surface area contributed by atoms with Crippen molar-refractivity contribution in [2.45, 2.75) is 19.9 Å². The van der Waals surface area contributed by atoms with Gasteiger partial charge in [-0.05, 0) is 6.92 Å². The first kappa shape index (κ1) is 13.2. The molecule has 6 nitrogen and oxygen atoms in total. The Morgan fingerprint density at radius 2 is 2.18 bits per heavy atom. The third kappa shape index (κ3) is 3.28. The summed E-state index contributed by atoms with van der Waals surface area (Å²) >= 11 is 0. The summed E-state index contributed by atoms with van der Waals surface area (Å²) in [6, 6.07) is 0.679. The van der Waals surface area contributed by atoms with Crippen LogP contribution in [0, 0.1) is 17.0 Å². The SMILES string of the molecule is Cc1nc(OC(F)(F)F)cc(CO)c1[N+](=O)[O-]. The minimum Gasteiger partial charge on any atom is -0.391 e. The molecule has 1 N–H and O–H groups in total. The maximum Gasteiger partial charge on any atom is 0.574 e. The van der Waals surface area contributed by atoms with Crippen molar-refractivity contribution >= 4 is 5.69 Å². The average molecular weight is 252 g/mol. The number of ether oxygens (including phenoxy) is 1. The molecule has 0 aliphatic carbocycles. The number of aliphatic hydroxyl groups excluding tert-OH is 1. The standard InChI is InChI=1S/C8H7F3N2O4/c1-4-7(13(15)16)5(3-14)2-6(12-4)17-8(9,10)11/h2,14H,3H2,1H3. The smallest absolute Gasteiger partial charge is 0.391 e. The lowest BCUT2D eigenvalue weighted by molar-refractivity contribution is -0.386. The number of pyridine rings is 1. The molecule has 17 heavy (non-hydrogen) atoms. The molecular formula is C8H7F3N2O4.